The Hall–Kier alpha value is -2.70. The molecule has 0 fully saturated rings. The molecule has 1 N–H and O–H groups in total. The lowest BCUT2D eigenvalue weighted by Crippen LogP contribution is -2.35. The normalized spacial score (nSPS) is 12.5. The first kappa shape index (κ1) is 14.2. The molecule has 1 amide bonds. The zero-order valence-electron chi connectivity index (χ0n) is 12.6. The summed E-state index contributed by atoms with van der Waals surface area (Å²) in [5.41, 5.74) is 2.38. The number of nitrogens with one attached hydrogen (secondary N) is 1. The van der Waals surface area contributed by atoms with E-state index in [1.54, 1.807) is 21.8 Å². The van der Waals surface area contributed by atoms with E-state index in [-0.39, 0.29) is 11.9 Å². The Morgan fingerprint density at radius 2 is 2.18 bits per heavy atom. The van der Waals surface area contributed by atoms with Crippen molar-refractivity contribution in [3.63, 3.8) is 0 Å². The van der Waals surface area contributed by atoms with Crippen LogP contribution in [0.15, 0.2) is 36.7 Å². The smallest absolute Gasteiger partial charge is 0.254 e. The van der Waals surface area contributed by atoms with Crippen molar-refractivity contribution in [2.75, 3.05) is 0 Å². The van der Waals surface area contributed by atoms with E-state index in [9.17, 15) is 4.79 Å². The summed E-state index contributed by atoms with van der Waals surface area (Å²) in [5.74, 6) is -0.128. The maximum atomic E-state index is 12.2. The third-order valence-electron chi connectivity index (χ3n) is 3.46. The predicted molar refractivity (Wildman–Crippen MR) is 82.4 cm³/mol. The van der Waals surface area contributed by atoms with Gasteiger partial charge in [0.2, 0.25) is 0 Å². The maximum Gasteiger partial charge on any atom is 0.254 e. The van der Waals surface area contributed by atoms with Crippen molar-refractivity contribution in [3.05, 3.63) is 42.2 Å². The van der Waals surface area contributed by atoms with Gasteiger partial charge in [-0.15, -0.1) is 5.10 Å². The molecule has 0 bridgehead atoms. The third kappa shape index (κ3) is 2.83. The molecule has 0 aliphatic carbocycles. The van der Waals surface area contributed by atoms with E-state index in [4.69, 9.17) is 0 Å². The van der Waals surface area contributed by atoms with Gasteiger partial charge in [0.15, 0.2) is 0 Å². The topological polar surface area (TPSA) is 77.6 Å². The summed E-state index contributed by atoms with van der Waals surface area (Å²) in [7, 11) is 0. The highest BCUT2D eigenvalue weighted by molar-refractivity contribution is 5.93. The van der Waals surface area contributed by atoms with Crippen LogP contribution >= 0.6 is 0 Å². The average molecular weight is 298 g/mol. The molecule has 2 heterocycles. The zero-order chi connectivity index (χ0) is 15.5. The van der Waals surface area contributed by atoms with Gasteiger partial charge in [-0.1, -0.05) is 17.3 Å². The molecule has 0 radical (unpaired) electrons. The molecule has 7 nitrogen and oxygen atoms in total. The number of hydrogen-bond acceptors (Lipinski definition) is 4. The molecule has 0 saturated heterocycles. The van der Waals surface area contributed by atoms with Crippen molar-refractivity contribution in [3.8, 4) is 0 Å². The van der Waals surface area contributed by atoms with Crippen molar-refractivity contribution in [2.24, 2.45) is 0 Å². The molecule has 3 aromatic rings. The third-order valence-corrected chi connectivity index (χ3v) is 3.46. The highest BCUT2D eigenvalue weighted by Gasteiger charge is 2.13. The minimum Gasteiger partial charge on any atom is -0.348 e. The van der Waals surface area contributed by atoms with Crippen molar-refractivity contribution in [1.29, 1.82) is 0 Å². The van der Waals surface area contributed by atoms with Gasteiger partial charge >= 0.3 is 0 Å². The number of hydrogen-bond donors (Lipinski definition) is 1. The molecule has 114 valence electrons. The molecule has 2 aromatic heterocycles. The van der Waals surface area contributed by atoms with Crippen LogP contribution in [-0.4, -0.2) is 36.7 Å². The second-order valence-corrected chi connectivity index (χ2v) is 5.22. The molecule has 0 aliphatic heterocycles. The number of para-hydroxylation sites is 1. The number of nitrogens with zero attached hydrogens (tertiary/aromatic N) is 5. The van der Waals surface area contributed by atoms with Gasteiger partial charge in [0.05, 0.1) is 23.8 Å². The van der Waals surface area contributed by atoms with Crippen molar-refractivity contribution in [2.45, 2.75) is 33.0 Å². The van der Waals surface area contributed by atoms with Gasteiger partial charge in [0.25, 0.3) is 5.91 Å². The average Bonchev–Trinajstić information content (AvgIpc) is 3.14. The summed E-state index contributed by atoms with van der Waals surface area (Å²) in [5, 5.41) is 15.3. The lowest BCUT2D eigenvalue weighted by molar-refractivity contribution is 0.0936. The molecule has 1 aromatic carbocycles. The number of aryl methyl sites for hydroxylation is 1. The molecule has 3 rings (SSSR count). The Morgan fingerprint density at radius 3 is 2.95 bits per heavy atom. The Balaban J connectivity index is 1.67. The number of aromatic nitrogens is 5. The van der Waals surface area contributed by atoms with Crippen LogP contribution in [0, 0.1) is 0 Å². The standard InChI is InChI=1S/C15H18N6O/c1-3-20-10-12(8-16-20)15(22)17-11(2)9-21-14-7-5-4-6-13(14)18-19-21/h4-8,10-11H,3,9H2,1-2H3,(H,17,22)/t11-/m0/s1. The summed E-state index contributed by atoms with van der Waals surface area (Å²) < 4.78 is 3.53. The van der Waals surface area contributed by atoms with E-state index >= 15 is 0 Å². The van der Waals surface area contributed by atoms with Crippen LogP contribution in [-0.2, 0) is 13.1 Å². The molecule has 0 aliphatic rings. The van der Waals surface area contributed by atoms with E-state index in [0.29, 0.717) is 12.1 Å². The molecule has 0 spiro atoms. The first-order valence-corrected chi connectivity index (χ1v) is 7.29. The predicted octanol–water partition coefficient (Wildman–Crippen LogP) is 1.47. The summed E-state index contributed by atoms with van der Waals surface area (Å²) in [4.78, 5) is 12.2. The second kappa shape index (κ2) is 5.97. The van der Waals surface area contributed by atoms with Gasteiger partial charge in [-0.2, -0.15) is 5.10 Å². The largest absolute Gasteiger partial charge is 0.348 e. The molecular weight excluding hydrogens is 280 g/mol. The highest BCUT2D eigenvalue weighted by Crippen LogP contribution is 2.10. The van der Waals surface area contributed by atoms with E-state index in [2.05, 4.69) is 20.7 Å². The van der Waals surface area contributed by atoms with Gasteiger partial charge < -0.3 is 5.32 Å². The summed E-state index contributed by atoms with van der Waals surface area (Å²) in [6.07, 6.45) is 3.32. The van der Waals surface area contributed by atoms with Crippen molar-refractivity contribution >= 4 is 16.9 Å². The zero-order valence-corrected chi connectivity index (χ0v) is 12.6. The van der Waals surface area contributed by atoms with E-state index in [0.717, 1.165) is 17.6 Å². The molecule has 22 heavy (non-hydrogen) atoms. The first-order valence-electron chi connectivity index (χ1n) is 7.29. The molecular formula is C15H18N6O. The number of carbonyl (C=O) groups excluding carboxylic acids is 1. The van der Waals surface area contributed by atoms with Crippen LogP contribution in [0.5, 0.6) is 0 Å². The van der Waals surface area contributed by atoms with Crippen molar-refractivity contribution in [1.82, 2.24) is 30.1 Å². The van der Waals surface area contributed by atoms with E-state index in [1.165, 1.54) is 0 Å². The van der Waals surface area contributed by atoms with Crippen molar-refractivity contribution < 1.29 is 4.79 Å². The van der Waals surface area contributed by atoms with Gasteiger partial charge in [0.1, 0.15) is 5.52 Å². The van der Waals surface area contributed by atoms with E-state index < -0.39 is 0 Å². The van der Waals surface area contributed by atoms with Crippen LogP contribution in [0.1, 0.15) is 24.2 Å². The van der Waals surface area contributed by atoms with Gasteiger partial charge in [0, 0.05) is 18.8 Å². The second-order valence-electron chi connectivity index (χ2n) is 5.22. The number of rotatable bonds is 5. The van der Waals surface area contributed by atoms with Crippen LogP contribution in [0.4, 0.5) is 0 Å². The Labute approximate surface area is 127 Å². The van der Waals surface area contributed by atoms with Crippen LogP contribution in [0.3, 0.4) is 0 Å². The Kier molecular flexibility index (Phi) is 3.86. The SMILES string of the molecule is CCn1cc(C(=O)N[C@@H](C)Cn2nnc3ccccc32)cn1. The lowest BCUT2D eigenvalue weighted by Gasteiger charge is -2.13. The molecule has 1 atom stereocenters. The Morgan fingerprint density at radius 1 is 1.36 bits per heavy atom. The van der Waals surface area contributed by atoms with Crippen LogP contribution < -0.4 is 5.32 Å². The maximum absolute atomic E-state index is 12.2. The molecule has 0 saturated carbocycles. The van der Waals surface area contributed by atoms with E-state index in [1.807, 2.05) is 38.1 Å². The van der Waals surface area contributed by atoms with Gasteiger partial charge in [-0.25, -0.2) is 4.68 Å². The van der Waals surface area contributed by atoms with Crippen LogP contribution in [0.25, 0.3) is 11.0 Å². The fourth-order valence-electron chi connectivity index (χ4n) is 2.32. The molecule has 7 heteroatoms. The Bertz CT molecular complexity index is 790. The minimum atomic E-state index is -0.128. The fraction of sp³-hybridized carbons (Fsp3) is 0.333. The summed E-state index contributed by atoms with van der Waals surface area (Å²) in [6, 6.07) is 7.70. The van der Waals surface area contributed by atoms with Crippen LogP contribution in [0.2, 0.25) is 0 Å². The first-order chi connectivity index (χ1) is 10.7. The molecule has 0 unspecified atom stereocenters. The number of amides is 1. The number of benzene rings is 1. The van der Waals surface area contributed by atoms with Gasteiger partial charge in [-0.05, 0) is 26.0 Å². The number of fused-ring (bicyclic) bond motifs is 1. The monoisotopic (exact) mass is 298 g/mol. The summed E-state index contributed by atoms with van der Waals surface area (Å²) in [6.45, 7) is 5.23. The summed E-state index contributed by atoms with van der Waals surface area (Å²) >= 11 is 0. The lowest BCUT2D eigenvalue weighted by atomic mass is 10.2. The minimum absolute atomic E-state index is 0.0671. The van der Waals surface area contributed by atoms with Gasteiger partial charge in [-0.3, -0.25) is 9.48 Å². The number of carbonyl (C=O) groups is 1. The highest BCUT2D eigenvalue weighted by atomic mass is 16.1. The quantitative estimate of drug-likeness (QED) is 0.773. The fourth-order valence-corrected chi connectivity index (χ4v) is 2.32.